The van der Waals surface area contributed by atoms with Gasteiger partial charge in [0, 0.05) is 24.2 Å². The fourth-order valence-electron chi connectivity index (χ4n) is 2.83. The lowest BCUT2D eigenvalue weighted by Gasteiger charge is -2.34. The van der Waals surface area contributed by atoms with Crippen LogP contribution in [0.25, 0.3) is 0 Å². The third-order valence-corrected chi connectivity index (χ3v) is 4.37. The highest BCUT2D eigenvalue weighted by atomic mass is 35.5. The van der Waals surface area contributed by atoms with Gasteiger partial charge < -0.3 is 10.2 Å². The molecule has 0 spiro atoms. The van der Waals surface area contributed by atoms with Crippen molar-refractivity contribution in [2.45, 2.75) is 31.7 Å². The Kier molecular flexibility index (Phi) is 4.03. The molecule has 0 bridgehead atoms. The predicted octanol–water partition coefficient (Wildman–Crippen LogP) is 2.71. The van der Waals surface area contributed by atoms with Crippen molar-refractivity contribution >= 4 is 23.2 Å². The molecule has 1 aromatic carbocycles. The molecular weight excluding hydrogens is 286 g/mol. The Balaban J connectivity index is 1.73. The summed E-state index contributed by atoms with van der Waals surface area (Å²) in [6, 6.07) is 7.95. The number of nitriles is 1. The van der Waals surface area contributed by atoms with Crippen molar-refractivity contribution in [2.75, 3.05) is 18.0 Å². The van der Waals surface area contributed by atoms with E-state index in [1.807, 2.05) is 6.07 Å². The van der Waals surface area contributed by atoms with Crippen LogP contribution in [-0.2, 0) is 4.79 Å². The normalized spacial score (nSPS) is 21.7. The van der Waals surface area contributed by atoms with Gasteiger partial charge in [-0.05, 0) is 43.9 Å². The van der Waals surface area contributed by atoms with Crippen LogP contribution in [0.4, 0.5) is 5.69 Å². The van der Waals surface area contributed by atoms with Gasteiger partial charge in [-0.25, -0.2) is 0 Å². The Morgan fingerprint density at radius 1 is 1.38 bits per heavy atom. The first-order valence-electron chi connectivity index (χ1n) is 7.42. The number of carbonyl (C=O) groups is 1. The lowest BCUT2D eigenvalue weighted by Crippen LogP contribution is -2.43. The van der Waals surface area contributed by atoms with Gasteiger partial charge in [-0.1, -0.05) is 11.6 Å². The van der Waals surface area contributed by atoms with Crippen LogP contribution >= 0.6 is 11.6 Å². The van der Waals surface area contributed by atoms with Crippen LogP contribution in [0.15, 0.2) is 18.2 Å². The van der Waals surface area contributed by atoms with Crippen molar-refractivity contribution in [1.82, 2.24) is 5.32 Å². The van der Waals surface area contributed by atoms with Gasteiger partial charge in [0.05, 0.1) is 17.2 Å². The first-order valence-corrected chi connectivity index (χ1v) is 7.80. The summed E-state index contributed by atoms with van der Waals surface area (Å²) in [5.41, 5.74) is 1.46. The lowest BCUT2D eigenvalue weighted by atomic mass is 9.96. The summed E-state index contributed by atoms with van der Waals surface area (Å²) in [6.07, 6.45) is 4.11. The van der Waals surface area contributed by atoms with Gasteiger partial charge in [0.15, 0.2) is 0 Å². The number of amides is 1. The number of nitrogens with one attached hydrogen (secondary N) is 1. The second kappa shape index (κ2) is 5.95. The Morgan fingerprint density at radius 3 is 2.90 bits per heavy atom. The largest absolute Gasteiger partial charge is 0.370 e. The van der Waals surface area contributed by atoms with Crippen molar-refractivity contribution in [2.24, 2.45) is 5.92 Å². The molecule has 1 saturated carbocycles. The Bertz CT molecular complexity index is 592. The van der Waals surface area contributed by atoms with Crippen LogP contribution in [0.3, 0.4) is 0 Å². The summed E-state index contributed by atoms with van der Waals surface area (Å²) in [5.74, 6) is 0.177. The number of hydrogen-bond acceptors (Lipinski definition) is 3. The van der Waals surface area contributed by atoms with Gasteiger partial charge >= 0.3 is 0 Å². The first-order chi connectivity index (χ1) is 10.2. The molecule has 0 radical (unpaired) electrons. The van der Waals surface area contributed by atoms with Crippen LogP contribution < -0.4 is 10.2 Å². The van der Waals surface area contributed by atoms with E-state index in [1.54, 1.807) is 12.1 Å². The summed E-state index contributed by atoms with van der Waals surface area (Å²) in [7, 11) is 0. The number of rotatable bonds is 3. The average Bonchev–Trinajstić information content (AvgIpc) is 3.31. The van der Waals surface area contributed by atoms with Gasteiger partial charge in [0.2, 0.25) is 5.91 Å². The first kappa shape index (κ1) is 14.2. The zero-order chi connectivity index (χ0) is 14.8. The number of halogens is 1. The maximum absolute atomic E-state index is 12.2. The molecule has 21 heavy (non-hydrogen) atoms. The van der Waals surface area contributed by atoms with E-state index >= 15 is 0 Å². The summed E-state index contributed by atoms with van der Waals surface area (Å²) >= 11 is 5.94. The molecule has 1 N–H and O–H groups in total. The van der Waals surface area contributed by atoms with Crippen LogP contribution in [-0.4, -0.2) is 25.0 Å². The number of carbonyl (C=O) groups excluding carboxylic acids is 1. The van der Waals surface area contributed by atoms with Gasteiger partial charge in [0.25, 0.3) is 0 Å². The fraction of sp³-hybridized carbons (Fsp3) is 0.500. The molecule has 0 aromatic heterocycles. The monoisotopic (exact) mass is 303 g/mol. The van der Waals surface area contributed by atoms with Crippen molar-refractivity contribution in [3.05, 3.63) is 28.8 Å². The summed E-state index contributed by atoms with van der Waals surface area (Å²) < 4.78 is 0. The van der Waals surface area contributed by atoms with Gasteiger partial charge in [0.1, 0.15) is 6.07 Å². The second-order valence-corrected chi connectivity index (χ2v) is 6.28. The van der Waals surface area contributed by atoms with Crippen molar-refractivity contribution in [1.29, 1.82) is 5.26 Å². The molecule has 2 aliphatic rings. The van der Waals surface area contributed by atoms with Crippen molar-refractivity contribution in [3.63, 3.8) is 0 Å². The molecule has 1 amide bonds. The molecule has 0 unspecified atom stereocenters. The van der Waals surface area contributed by atoms with Crippen LogP contribution in [0.5, 0.6) is 0 Å². The molecule has 3 rings (SSSR count). The summed E-state index contributed by atoms with van der Waals surface area (Å²) in [6.45, 7) is 1.55. The topological polar surface area (TPSA) is 56.1 Å². The van der Waals surface area contributed by atoms with Gasteiger partial charge in [-0.15, -0.1) is 0 Å². The molecule has 1 saturated heterocycles. The van der Waals surface area contributed by atoms with E-state index in [0.29, 0.717) is 23.2 Å². The number of benzene rings is 1. The zero-order valence-electron chi connectivity index (χ0n) is 11.8. The Morgan fingerprint density at radius 2 is 2.19 bits per heavy atom. The standard InChI is InChI=1S/C16H18ClN3O/c17-13-3-6-15(12(8-13)9-18)20-7-1-2-11(10-20)16(21)19-14-4-5-14/h3,6,8,11,14H,1-2,4-5,7,10H2,(H,19,21)/t11-/m1/s1. The summed E-state index contributed by atoms with van der Waals surface area (Å²) in [5, 5.41) is 12.9. The number of hydrogen-bond donors (Lipinski definition) is 1. The van der Waals surface area contributed by atoms with E-state index in [2.05, 4.69) is 16.3 Å². The number of anilines is 1. The maximum Gasteiger partial charge on any atom is 0.225 e. The Hall–Kier alpha value is -1.73. The molecule has 1 aliphatic carbocycles. The second-order valence-electron chi connectivity index (χ2n) is 5.84. The lowest BCUT2D eigenvalue weighted by molar-refractivity contribution is -0.125. The third kappa shape index (κ3) is 3.30. The Labute approximate surface area is 129 Å². The molecular formula is C16H18ClN3O. The quantitative estimate of drug-likeness (QED) is 0.934. The van der Waals surface area contributed by atoms with Crippen LogP contribution in [0.1, 0.15) is 31.2 Å². The van der Waals surface area contributed by atoms with Crippen LogP contribution in [0, 0.1) is 17.2 Å². The summed E-state index contributed by atoms with van der Waals surface area (Å²) in [4.78, 5) is 14.3. The maximum atomic E-state index is 12.2. The minimum absolute atomic E-state index is 0.0153. The van der Waals surface area contributed by atoms with E-state index in [4.69, 9.17) is 11.6 Å². The zero-order valence-corrected chi connectivity index (χ0v) is 12.6. The van der Waals surface area contributed by atoms with E-state index in [9.17, 15) is 10.1 Å². The predicted molar refractivity (Wildman–Crippen MR) is 82.3 cm³/mol. The fourth-order valence-corrected chi connectivity index (χ4v) is 3.00. The van der Waals surface area contributed by atoms with E-state index in [-0.39, 0.29) is 11.8 Å². The highest BCUT2D eigenvalue weighted by Crippen LogP contribution is 2.29. The molecule has 1 heterocycles. The highest BCUT2D eigenvalue weighted by molar-refractivity contribution is 6.30. The smallest absolute Gasteiger partial charge is 0.225 e. The number of nitrogens with zero attached hydrogens (tertiary/aromatic N) is 2. The number of piperidine rings is 1. The average molecular weight is 304 g/mol. The van der Waals surface area contributed by atoms with Gasteiger partial charge in [-0.3, -0.25) is 4.79 Å². The third-order valence-electron chi connectivity index (χ3n) is 4.14. The van der Waals surface area contributed by atoms with Crippen molar-refractivity contribution < 1.29 is 4.79 Å². The molecule has 1 atom stereocenters. The van der Waals surface area contributed by atoms with Gasteiger partial charge in [-0.2, -0.15) is 5.26 Å². The van der Waals surface area contributed by atoms with E-state index < -0.39 is 0 Å². The van der Waals surface area contributed by atoms with E-state index in [0.717, 1.165) is 37.9 Å². The molecule has 1 aromatic rings. The van der Waals surface area contributed by atoms with E-state index in [1.165, 1.54) is 0 Å². The molecule has 5 heteroatoms. The van der Waals surface area contributed by atoms with Crippen LogP contribution in [0.2, 0.25) is 5.02 Å². The molecule has 4 nitrogen and oxygen atoms in total. The minimum atomic E-state index is 0.0153. The van der Waals surface area contributed by atoms with Crippen molar-refractivity contribution in [3.8, 4) is 6.07 Å². The molecule has 110 valence electrons. The SMILES string of the molecule is N#Cc1cc(Cl)ccc1N1CCC[C@@H](C(=O)NC2CC2)C1. The highest BCUT2D eigenvalue weighted by Gasteiger charge is 2.31. The molecule has 2 fully saturated rings. The molecule has 1 aliphatic heterocycles. The minimum Gasteiger partial charge on any atom is -0.370 e.